The summed E-state index contributed by atoms with van der Waals surface area (Å²) < 4.78 is 0. The Kier molecular flexibility index (Phi) is 13.1. The van der Waals surface area contributed by atoms with Crippen LogP contribution in [-0.2, 0) is 24.0 Å². The van der Waals surface area contributed by atoms with Gasteiger partial charge in [-0.25, -0.2) is 4.79 Å². The summed E-state index contributed by atoms with van der Waals surface area (Å²) in [6.07, 6.45) is 1.73. The molecule has 0 bridgehead atoms. The molecule has 0 aromatic rings. The molecule has 0 saturated heterocycles. The van der Waals surface area contributed by atoms with Crippen molar-refractivity contribution in [3.05, 3.63) is 0 Å². The minimum absolute atomic E-state index is 0.115. The number of rotatable bonds is 14. The number of amides is 4. The van der Waals surface area contributed by atoms with Gasteiger partial charge in [0.25, 0.3) is 0 Å². The van der Waals surface area contributed by atoms with Crippen molar-refractivity contribution in [1.82, 2.24) is 16.0 Å². The lowest BCUT2D eigenvalue weighted by Crippen LogP contribution is -2.57. The molecule has 4 atom stereocenters. The largest absolute Gasteiger partial charge is 0.480 e. The molecule has 29 heavy (non-hydrogen) atoms. The summed E-state index contributed by atoms with van der Waals surface area (Å²) in [5.74, 6) is -3.51. The Morgan fingerprint density at radius 3 is 1.93 bits per heavy atom. The van der Waals surface area contributed by atoms with Crippen LogP contribution in [0.2, 0.25) is 0 Å². The van der Waals surface area contributed by atoms with Crippen LogP contribution in [0, 0.1) is 0 Å². The lowest BCUT2D eigenvalue weighted by atomic mass is 10.1. The maximum absolute atomic E-state index is 12.5. The van der Waals surface area contributed by atoms with E-state index >= 15 is 0 Å². The maximum Gasteiger partial charge on any atom is 0.326 e. The molecule has 0 aliphatic carbocycles. The summed E-state index contributed by atoms with van der Waals surface area (Å²) in [7, 11) is 0. The predicted molar refractivity (Wildman–Crippen MR) is 112 cm³/mol. The van der Waals surface area contributed by atoms with Crippen LogP contribution in [0.25, 0.3) is 0 Å². The second kappa shape index (κ2) is 14.1. The number of primary amides is 1. The molecular formula is C16H29N5O6S2. The first-order valence-corrected chi connectivity index (χ1v) is 10.8. The minimum atomic E-state index is -1.35. The van der Waals surface area contributed by atoms with Crippen molar-refractivity contribution in [2.45, 2.75) is 50.4 Å². The van der Waals surface area contributed by atoms with Crippen molar-refractivity contribution < 1.29 is 29.1 Å². The van der Waals surface area contributed by atoms with Gasteiger partial charge >= 0.3 is 5.97 Å². The molecular weight excluding hydrogens is 422 g/mol. The van der Waals surface area contributed by atoms with Crippen LogP contribution in [0.4, 0.5) is 0 Å². The lowest BCUT2D eigenvalue weighted by molar-refractivity contribution is -0.142. The number of nitrogens with two attached hydrogens (primary N) is 2. The summed E-state index contributed by atoms with van der Waals surface area (Å²) in [5.41, 5.74) is 10.5. The monoisotopic (exact) mass is 451 g/mol. The van der Waals surface area contributed by atoms with Crippen LogP contribution < -0.4 is 27.4 Å². The van der Waals surface area contributed by atoms with E-state index < -0.39 is 53.8 Å². The summed E-state index contributed by atoms with van der Waals surface area (Å²) in [6.45, 7) is 1.47. The number of hydrogen-bond acceptors (Lipinski definition) is 8. The molecule has 0 fully saturated rings. The fraction of sp³-hybridized carbons (Fsp3) is 0.688. The van der Waals surface area contributed by atoms with Crippen molar-refractivity contribution >= 4 is 54.0 Å². The van der Waals surface area contributed by atoms with E-state index in [2.05, 4.69) is 28.6 Å². The van der Waals surface area contributed by atoms with E-state index in [9.17, 15) is 29.1 Å². The number of hydrogen-bond donors (Lipinski definition) is 7. The zero-order valence-electron chi connectivity index (χ0n) is 16.3. The smallest absolute Gasteiger partial charge is 0.326 e. The molecule has 11 nitrogen and oxygen atoms in total. The fourth-order valence-corrected chi connectivity index (χ4v) is 2.82. The highest BCUT2D eigenvalue weighted by atomic mass is 32.2. The molecule has 166 valence electrons. The first-order chi connectivity index (χ1) is 13.5. The highest BCUT2D eigenvalue weighted by Gasteiger charge is 2.29. The number of nitrogens with one attached hydrogen (secondary N) is 3. The number of carboxylic acid groups (broad SMARTS) is 1. The summed E-state index contributed by atoms with van der Waals surface area (Å²) in [5, 5.41) is 16.4. The Morgan fingerprint density at radius 2 is 1.48 bits per heavy atom. The van der Waals surface area contributed by atoms with Gasteiger partial charge in [-0.3, -0.25) is 19.2 Å². The van der Waals surface area contributed by atoms with Gasteiger partial charge in [-0.2, -0.15) is 24.4 Å². The highest BCUT2D eigenvalue weighted by Crippen LogP contribution is 2.04. The number of carboxylic acids is 1. The molecule has 0 aromatic heterocycles. The number of carbonyl (C=O) groups is 5. The van der Waals surface area contributed by atoms with E-state index in [-0.39, 0.29) is 18.6 Å². The van der Waals surface area contributed by atoms with Crippen molar-refractivity contribution in [2.75, 3.05) is 17.8 Å². The molecule has 0 spiro atoms. The Morgan fingerprint density at radius 1 is 0.966 bits per heavy atom. The average molecular weight is 452 g/mol. The number of carbonyl (C=O) groups excluding carboxylic acids is 4. The van der Waals surface area contributed by atoms with Gasteiger partial charge in [-0.15, -0.1) is 0 Å². The fourth-order valence-electron chi connectivity index (χ4n) is 2.09. The molecule has 0 saturated carbocycles. The van der Waals surface area contributed by atoms with Crippen molar-refractivity contribution in [2.24, 2.45) is 11.5 Å². The van der Waals surface area contributed by atoms with Gasteiger partial charge < -0.3 is 32.5 Å². The SMILES string of the molecule is CSCCC(NC(=O)C(C)N)C(=O)NC(CS)C(=O)NC(CCC(N)=O)C(=O)O. The van der Waals surface area contributed by atoms with E-state index in [0.29, 0.717) is 12.2 Å². The Balaban J connectivity index is 5.09. The van der Waals surface area contributed by atoms with Gasteiger partial charge in [-0.1, -0.05) is 0 Å². The summed E-state index contributed by atoms with van der Waals surface area (Å²) in [4.78, 5) is 58.9. The van der Waals surface area contributed by atoms with Crippen LogP contribution in [-0.4, -0.2) is 76.6 Å². The van der Waals surface area contributed by atoms with E-state index in [1.165, 1.54) is 18.7 Å². The molecule has 4 amide bonds. The van der Waals surface area contributed by atoms with Gasteiger partial charge in [0, 0.05) is 12.2 Å². The zero-order chi connectivity index (χ0) is 22.6. The number of thioether (sulfide) groups is 1. The Hall–Kier alpha value is -1.99. The molecule has 0 rings (SSSR count). The van der Waals surface area contributed by atoms with Crippen LogP contribution in [0.15, 0.2) is 0 Å². The molecule has 4 unspecified atom stereocenters. The van der Waals surface area contributed by atoms with Crippen molar-refractivity contribution in [3.63, 3.8) is 0 Å². The van der Waals surface area contributed by atoms with Crippen LogP contribution in [0.1, 0.15) is 26.2 Å². The number of aliphatic carboxylic acids is 1. The molecule has 13 heteroatoms. The summed E-state index contributed by atoms with van der Waals surface area (Å²) in [6, 6.07) is -4.23. The second-order valence-electron chi connectivity index (χ2n) is 6.28. The third-order valence-corrected chi connectivity index (χ3v) is 4.78. The van der Waals surface area contributed by atoms with E-state index in [1.54, 1.807) is 0 Å². The normalized spacial score (nSPS) is 14.8. The maximum atomic E-state index is 12.5. The zero-order valence-corrected chi connectivity index (χ0v) is 18.1. The first kappa shape index (κ1) is 27.0. The van der Waals surface area contributed by atoms with E-state index in [0.717, 1.165) is 0 Å². The van der Waals surface area contributed by atoms with Crippen LogP contribution in [0.5, 0.6) is 0 Å². The standard InChI is InChI=1S/C16H29N5O6S2/c1-8(17)13(23)19-9(5-6-29-2)14(24)21-11(7-28)15(25)20-10(16(26)27)3-4-12(18)22/h8-11,28H,3-7,17H2,1-2H3,(H2,18,22)(H,19,23)(H,20,25)(H,21,24)(H,26,27). The second-order valence-corrected chi connectivity index (χ2v) is 7.63. The van der Waals surface area contributed by atoms with Crippen LogP contribution >= 0.6 is 24.4 Å². The van der Waals surface area contributed by atoms with Crippen LogP contribution in [0.3, 0.4) is 0 Å². The van der Waals surface area contributed by atoms with Crippen molar-refractivity contribution in [1.29, 1.82) is 0 Å². The molecule has 0 aromatic carbocycles. The number of thiol groups is 1. The van der Waals surface area contributed by atoms with E-state index in [1.807, 2.05) is 6.26 Å². The lowest BCUT2D eigenvalue weighted by Gasteiger charge is -2.24. The minimum Gasteiger partial charge on any atom is -0.480 e. The Labute approximate surface area is 178 Å². The van der Waals surface area contributed by atoms with E-state index in [4.69, 9.17) is 11.5 Å². The van der Waals surface area contributed by atoms with Gasteiger partial charge in [0.1, 0.15) is 18.1 Å². The molecule has 8 N–H and O–H groups in total. The van der Waals surface area contributed by atoms with Gasteiger partial charge in [0.05, 0.1) is 6.04 Å². The molecule has 0 aliphatic rings. The summed E-state index contributed by atoms with van der Waals surface area (Å²) >= 11 is 5.49. The molecule has 0 radical (unpaired) electrons. The molecule has 0 heterocycles. The third kappa shape index (κ3) is 10.9. The quantitative estimate of drug-likeness (QED) is 0.145. The Bertz CT molecular complexity index is 604. The van der Waals surface area contributed by atoms with Gasteiger partial charge in [0.2, 0.25) is 23.6 Å². The molecule has 0 aliphatic heterocycles. The predicted octanol–water partition coefficient (Wildman–Crippen LogP) is -2.18. The third-order valence-electron chi connectivity index (χ3n) is 3.77. The topological polar surface area (TPSA) is 194 Å². The van der Waals surface area contributed by atoms with Crippen molar-refractivity contribution in [3.8, 4) is 0 Å². The van der Waals surface area contributed by atoms with Gasteiger partial charge in [-0.05, 0) is 31.8 Å². The average Bonchev–Trinajstić information content (AvgIpc) is 2.65. The van der Waals surface area contributed by atoms with Gasteiger partial charge in [0.15, 0.2) is 0 Å². The highest BCUT2D eigenvalue weighted by molar-refractivity contribution is 7.98. The first-order valence-electron chi connectivity index (χ1n) is 8.81.